The van der Waals surface area contributed by atoms with Gasteiger partial charge in [0.05, 0.1) is 0 Å². The zero-order chi connectivity index (χ0) is 12.3. The Hall–Kier alpha value is -0.510. The summed E-state index contributed by atoms with van der Waals surface area (Å²) >= 11 is 1.98. The molecule has 0 aromatic heterocycles. The van der Waals surface area contributed by atoms with Crippen LogP contribution in [0.4, 0.5) is 0 Å². The van der Waals surface area contributed by atoms with Crippen molar-refractivity contribution in [1.82, 2.24) is 10.2 Å². The number of hydrogen-bond acceptors (Lipinski definition) is 3. The van der Waals surface area contributed by atoms with Crippen molar-refractivity contribution in [2.45, 2.75) is 17.7 Å². The monoisotopic (exact) mass is 262 g/mol. The van der Waals surface area contributed by atoms with E-state index in [1.54, 1.807) is 0 Å². The minimum absolute atomic E-state index is 0.622. The third-order valence-electron chi connectivity index (χ3n) is 4.27. The molecule has 0 amide bonds. The van der Waals surface area contributed by atoms with Crippen LogP contribution < -0.4 is 5.32 Å². The Kier molecular flexibility index (Phi) is 3.92. The smallest absolute Gasteiger partial charge is 0.0108 e. The Morgan fingerprint density at radius 2 is 2.11 bits per heavy atom. The van der Waals surface area contributed by atoms with Crippen molar-refractivity contribution >= 4 is 11.8 Å². The molecule has 2 heterocycles. The normalized spacial score (nSPS) is 28.2. The molecule has 0 saturated carbocycles. The van der Waals surface area contributed by atoms with Gasteiger partial charge in [0.1, 0.15) is 0 Å². The fraction of sp³-hybridized carbons (Fsp3) is 0.600. The Balaban J connectivity index is 1.42. The fourth-order valence-electron chi connectivity index (χ4n) is 3.17. The lowest BCUT2D eigenvalue weighted by molar-refractivity contribution is 0.285. The molecule has 1 atom stereocenters. The Bertz CT molecular complexity index is 373. The second kappa shape index (κ2) is 5.64. The summed E-state index contributed by atoms with van der Waals surface area (Å²) in [6.45, 7) is 6.33. The van der Waals surface area contributed by atoms with Crippen molar-refractivity contribution in [3.05, 3.63) is 30.3 Å². The summed E-state index contributed by atoms with van der Waals surface area (Å²) in [5, 5.41) is 3.53. The lowest BCUT2D eigenvalue weighted by atomic mass is 9.87. The van der Waals surface area contributed by atoms with Crippen LogP contribution in [-0.2, 0) is 0 Å². The van der Waals surface area contributed by atoms with Gasteiger partial charge in [-0.2, -0.15) is 0 Å². The number of nitrogens with zero attached hydrogens (tertiary/aromatic N) is 1. The van der Waals surface area contributed by atoms with Crippen LogP contribution in [0.3, 0.4) is 0 Å². The highest BCUT2D eigenvalue weighted by atomic mass is 32.2. The molecule has 18 heavy (non-hydrogen) atoms. The van der Waals surface area contributed by atoms with Crippen LogP contribution in [0.2, 0.25) is 0 Å². The molecule has 1 unspecified atom stereocenters. The van der Waals surface area contributed by atoms with Crippen molar-refractivity contribution in [2.24, 2.45) is 5.41 Å². The lowest BCUT2D eigenvalue weighted by Crippen LogP contribution is -2.30. The van der Waals surface area contributed by atoms with Gasteiger partial charge in [-0.15, -0.1) is 11.8 Å². The number of rotatable bonds is 4. The second-order valence-corrected chi connectivity index (χ2v) is 6.78. The quantitative estimate of drug-likeness (QED) is 0.839. The maximum atomic E-state index is 3.53. The first-order valence-corrected chi connectivity index (χ1v) is 7.96. The van der Waals surface area contributed by atoms with Crippen LogP contribution in [-0.4, -0.2) is 43.4 Å². The average Bonchev–Trinajstić information content (AvgIpc) is 3.02. The second-order valence-electron chi connectivity index (χ2n) is 5.61. The zero-order valence-corrected chi connectivity index (χ0v) is 11.7. The molecule has 2 fully saturated rings. The van der Waals surface area contributed by atoms with E-state index < -0.39 is 0 Å². The number of hydrogen-bond donors (Lipinski definition) is 1. The molecule has 3 heteroatoms. The molecule has 3 rings (SSSR count). The summed E-state index contributed by atoms with van der Waals surface area (Å²) in [6, 6.07) is 10.7. The summed E-state index contributed by atoms with van der Waals surface area (Å²) in [4.78, 5) is 4.05. The van der Waals surface area contributed by atoms with Gasteiger partial charge in [0.15, 0.2) is 0 Å². The zero-order valence-electron chi connectivity index (χ0n) is 10.9. The van der Waals surface area contributed by atoms with E-state index in [4.69, 9.17) is 0 Å². The van der Waals surface area contributed by atoms with Crippen molar-refractivity contribution in [2.75, 3.05) is 38.5 Å². The molecule has 0 bridgehead atoms. The SMILES string of the molecule is c1ccc(SCCN2CCC3(CCNC3)C2)cc1. The molecule has 0 aliphatic carbocycles. The van der Waals surface area contributed by atoms with E-state index in [0.717, 1.165) is 0 Å². The van der Waals surface area contributed by atoms with Crippen LogP contribution in [0, 0.1) is 5.41 Å². The molecular weight excluding hydrogens is 240 g/mol. The summed E-state index contributed by atoms with van der Waals surface area (Å²) in [5.74, 6) is 1.22. The minimum atomic E-state index is 0.622. The van der Waals surface area contributed by atoms with Crippen LogP contribution in [0.5, 0.6) is 0 Å². The van der Waals surface area contributed by atoms with Crippen LogP contribution in [0.15, 0.2) is 35.2 Å². The summed E-state index contributed by atoms with van der Waals surface area (Å²) < 4.78 is 0. The van der Waals surface area contributed by atoms with E-state index in [1.807, 2.05) is 11.8 Å². The molecule has 1 aromatic carbocycles. The number of benzene rings is 1. The highest BCUT2D eigenvalue weighted by Gasteiger charge is 2.39. The largest absolute Gasteiger partial charge is 0.316 e. The van der Waals surface area contributed by atoms with Gasteiger partial charge < -0.3 is 10.2 Å². The average molecular weight is 262 g/mol. The minimum Gasteiger partial charge on any atom is -0.316 e. The van der Waals surface area contributed by atoms with Gasteiger partial charge in [0, 0.05) is 30.3 Å². The molecule has 2 aliphatic rings. The standard InChI is InChI=1S/C15H22N2S/c1-2-4-14(5-3-1)18-11-10-17-9-7-15(13-17)6-8-16-12-15/h1-5,16H,6-13H2. The lowest BCUT2D eigenvalue weighted by Gasteiger charge is -2.22. The number of thioether (sulfide) groups is 1. The third kappa shape index (κ3) is 2.90. The van der Waals surface area contributed by atoms with Crippen LogP contribution >= 0.6 is 11.8 Å². The molecule has 98 valence electrons. The van der Waals surface area contributed by atoms with Gasteiger partial charge in [0.2, 0.25) is 0 Å². The van der Waals surface area contributed by atoms with E-state index in [1.165, 1.54) is 56.2 Å². The van der Waals surface area contributed by atoms with Gasteiger partial charge in [0.25, 0.3) is 0 Å². The first-order chi connectivity index (χ1) is 8.86. The number of nitrogens with one attached hydrogen (secondary N) is 1. The Morgan fingerprint density at radius 1 is 1.22 bits per heavy atom. The van der Waals surface area contributed by atoms with Crippen molar-refractivity contribution < 1.29 is 0 Å². The molecule has 1 aromatic rings. The maximum absolute atomic E-state index is 3.53. The molecule has 2 aliphatic heterocycles. The summed E-state index contributed by atoms with van der Waals surface area (Å²) in [7, 11) is 0. The van der Waals surface area contributed by atoms with E-state index >= 15 is 0 Å². The molecule has 1 spiro atoms. The predicted molar refractivity (Wildman–Crippen MR) is 78.1 cm³/mol. The Morgan fingerprint density at radius 3 is 2.89 bits per heavy atom. The van der Waals surface area contributed by atoms with Gasteiger partial charge in [-0.1, -0.05) is 18.2 Å². The number of likely N-dealkylation sites (tertiary alicyclic amines) is 1. The van der Waals surface area contributed by atoms with Crippen molar-refractivity contribution in [3.63, 3.8) is 0 Å². The van der Waals surface area contributed by atoms with E-state index in [0.29, 0.717) is 5.41 Å². The molecule has 2 saturated heterocycles. The molecular formula is C15H22N2S. The molecule has 1 N–H and O–H groups in total. The highest BCUT2D eigenvalue weighted by molar-refractivity contribution is 7.99. The van der Waals surface area contributed by atoms with Gasteiger partial charge in [-0.3, -0.25) is 0 Å². The predicted octanol–water partition coefficient (Wildman–Crippen LogP) is 2.46. The van der Waals surface area contributed by atoms with Crippen LogP contribution in [0.25, 0.3) is 0 Å². The fourth-order valence-corrected chi connectivity index (χ4v) is 4.11. The van der Waals surface area contributed by atoms with E-state index in [9.17, 15) is 0 Å². The Labute approximate surface area is 114 Å². The van der Waals surface area contributed by atoms with E-state index in [-0.39, 0.29) is 0 Å². The third-order valence-corrected chi connectivity index (χ3v) is 5.26. The summed E-state index contributed by atoms with van der Waals surface area (Å²) in [5.41, 5.74) is 0.622. The van der Waals surface area contributed by atoms with E-state index in [2.05, 4.69) is 40.5 Å². The first kappa shape index (κ1) is 12.5. The van der Waals surface area contributed by atoms with Crippen molar-refractivity contribution in [1.29, 1.82) is 0 Å². The highest BCUT2D eigenvalue weighted by Crippen LogP contribution is 2.36. The van der Waals surface area contributed by atoms with Gasteiger partial charge in [-0.25, -0.2) is 0 Å². The van der Waals surface area contributed by atoms with Crippen molar-refractivity contribution in [3.8, 4) is 0 Å². The van der Waals surface area contributed by atoms with Crippen LogP contribution in [0.1, 0.15) is 12.8 Å². The topological polar surface area (TPSA) is 15.3 Å². The van der Waals surface area contributed by atoms with Gasteiger partial charge >= 0.3 is 0 Å². The maximum Gasteiger partial charge on any atom is 0.0108 e. The molecule has 0 radical (unpaired) electrons. The molecule has 2 nitrogen and oxygen atoms in total. The van der Waals surface area contributed by atoms with Gasteiger partial charge in [-0.05, 0) is 43.5 Å². The first-order valence-electron chi connectivity index (χ1n) is 6.97. The summed E-state index contributed by atoms with van der Waals surface area (Å²) in [6.07, 6.45) is 2.78.